The van der Waals surface area contributed by atoms with Gasteiger partial charge in [0, 0.05) is 4.47 Å². The summed E-state index contributed by atoms with van der Waals surface area (Å²) in [5, 5.41) is 22.2. The minimum atomic E-state index is -0.434. The number of hydrogen-bond donors (Lipinski definition) is 0. The average Bonchev–Trinajstić information content (AvgIpc) is 2.18. The first-order valence-electron chi connectivity index (χ1n) is 4.82. The molecule has 1 rings (SSSR count). The van der Waals surface area contributed by atoms with Crippen LogP contribution in [0.1, 0.15) is 31.7 Å². The van der Waals surface area contributed by atoms with Gasteiger partial charge in [-0.05, 0) is 18.4 Å². The van der Waals surface area contributed by atoms with Crippen molar-refractivity contribution in [3.05, 3.63) is 22.2 Å². The molecule has 0 aliphatic rings. The third kappa shape index (κ3) is 4.04. The van der Waals surface area contributed by atoms with Crippen LogP contribution in [0.15, 0.2) is 16.6 Å². The van der Waals surface area contributed by atoms with E-state index in [2.05, 4.69) is 22.9 Å². The molecule has 1 aromatic carbocycles. The molecule has 0 aliphatic carbocycles. The fraction of sp³-hybridized carbons (Fsp3) is 0.455. The molecule has 4 heteroatoms. The van der Waals surface area contributed by atoms with Crippen LogP contribution in [0.3, 0.4) is 0 Å². The average molecular weight is 316 g/mol. The van der Waals surface area contributed by atoms with Crippen molar-refractivity contribution in [1.82, 2.24) is 0 Å². The summed E-state index contributed by atoms with van der Waals surface area (Å²) in [5.41, 5.74) is 0.947. The maximum atomic E-state index is 11.3. The molecule has 15 heavy (non-hydrogen) atoms. The summed E-state index contributed by atoms with van der Waals surface area (Å²) in [6.07, 6.45) is 4.23. The second kappa shape index (κ2) is 7.13. The van der Waals surface area contributed by atoms with Gasteiger partial charge >= 0.3 is 16.5 Å². The Bertz CT molecular complexity index is 316. The molecule has 0 fully saturated rings. The van der Waals surface area contributed by atoms with E-state index in [1.54, 1.807) is 6.07 Å². The van der Waals surface area contributed by atoms with Crippen LogP contribution < -0.4 is 10.2 Å². The summed E-state index contributed by atoms with van der Waals surface area (Å²) in [7, 11) is 0. The first kappa shape index (κ1) is 14.8. The molecule has 0 saturated carbocycles. The first-order chi connectivity index (χ1) is 6.66. The molecule has 86 valence electrons. The summed E-state index contributed by atoms with van der Waals surface area (Å²) in [5.74, 6) is -0.852. The Balaban J connectivity index is 0.00000196. The van der Waals surface area contributed by atoms with Gasteiger partial charge in [0.05, 0.1) is 0 Å². The third-order valence-electron chi connectivity index (χ3n) is 2.19. The van der Waals surface area contributed by atoms with E-state index in [0.717, 1.165) is 31.2 Å². The number of benzene rings is 1. The van der Waals surface area contributed by atoms with Gasteiger partial charge in [0.15, 0.2) is 0 Å². The van der Waals surface area contributed by atoms with Gasteiger partial charge in [-0.25, -0.2) is 0 Å². The van der Waals surface area contributed by atoms with E-state index in [0.29, 0.717) is 4.47 Å². The van der Waals surface area contributed by atoms with Crippen LogP contribution in [0.25, 0.3) is 0 Å². The van der Waals surface area contributed by atoms with E-state index >= 15 is 0 Å². The van der Waals surface area contributed by atoms with E-state index in [-0.39, 0.29) is 16.5 Å². The number of halogens is 1. The van der Waals surface area contributed by atoms with E-state index in [1.807, 2.05) is 0 Å². The molecule has 0 unspecified atom stereocenters. The maximum Gasteiger partial charge on any atom is 2.00 e. The number of unbranched alkanes of at least 4 members (excludes halogenated alkanes) is 2. The van der Waals surface area contributed by atoms with Crippen molar-refractivity contribution in [2.45, 2.75) is 32.6 Å². The van der Waals surface area contributed by atoms with Gasteiger partial charge in [0.1, 0.15) is 0 Å². The standard InChI is InChI=1S/C11H15BrO2.Ni/c1-2-3-4-5-8-6-7-9(13)11(14)10(8)12;/h6-7,13-14H,2-5H2,1H3;/q;+2/p-2. The SMILES string of the molecule is CCCCCc1ccc([O-])c([O-])c1Br.[Ni+2]. The van der Waals surface area contributed by atoms with Gasteiger partial charge in [-0.15, -0.1) is 11.5 Å². The molecule has 0 radical (unpaired) electrons. The predicted octanol–water partition coefficient (Wildman–Crippen LogP) is 2.33. The van der Waals surface area contributed by atoms with Crippen molar-refractivity contribution in [2.75, 3.05) is 0 Å². The minimum absolute atomic E-state index is 0. The van der Waals surface area contributed by atoms with Gasteiger partial charge in [-0.1, -0.05) is 47.8 Å². The van der Waals surface area contributed by atoms with Crippen LogP contribution in [0.5, 0.6) is 11.5 Å². The monoisotopic (exact) mass is 314 g/mol. The van der Waals surface area contributed by atoms with Crippen molar-refractivity contribution in [2.24, 2.45) is 0 Å². The van der Waals surface area contributed by atoms with Crippen LogP contribution in [-0.2, 0) is 22.9 Å². The molecule has 0 N–H and O–H groups in total. The Morgan fingerprint density at radius 2 is 1.87 bits per heavy atom. The van der Waals surface area contributed by atoms with Crippen LogP contribution in [0.4, 0.5) is 0 Å². The topological polar surface area (TPSA) is 46.1 Å². The van der Waals surface area contributed by atoms with Gasteiger partial charge in [-0.3, -0.25) is 0 Å². The van der Waals surface area contributed by atoms with Crippen LogP contribution in [0, 0.1) is 0 Å². The predicted molar refractivity (Wildman–Crippen MR) is 56.3 cm³/mol. The maximum absolute atomic E-state index is 11.3. The van der Waals surface area contributed by atoms with Crippen LogP contribution >= 0.6 is 15.9 Å². The summed E-state index contributed by atoms with van der Waals surface area (Å²) in [4.78, 5) is 0. The Hall–Kier alpha value is -0.206. The molecule has 0 aromatic heterocycles. The molecular weight excluding hydrogens is 303 g/mol. The molecule has 2 nitrogen and oxygen atoms in total. The fourth-order valence-corrected chi connectivity index (χ4v) is 1.86. The summed E-state index contributed by atoms with van der Waals surface area (Å²) in [6, 6.07) is 3.10. The summed E-state index contributed by atoms with van der Waals surface area (Å²) < 4.78 is 0.445. The number of aryl methyl sites for hydroxylation is 1. The Labute approximate surface area is 109 Å². The molecule has 0 amide bonds. The van der Waals surface area contributed by atoms with E-state index < -0.39 is 11.5 Å². The van der Waals surface area contributed by atoms with E-state index in [1.165, 1.54) is 6.07 Å². The van der Waals surface area contributed by atoms with Gasteiger partial charge < -0.3 is 10.2 Å². The smallest absolute Gasteiger partial charge is 0.873 e. The molecule has 0 bridgehead atoms. The Morgan fingerprint density at radius 1 is 1.20 bits per heavy atom. The molecule has 1 aromatic rings. The Kier molecular flexibility index (Phi) is 7.03. The van der Waals surface area contributed by atoms with Crippen molar-refractivity contribution in [1.29, 1.82) is 0 Å². The Morgan fingerprint density at radius 3 is 2.47 bits per heavy atom. The van der Waals surface area contributed by atoms with Gasteiger partial charge in [-0.2, -0.15) is 0 Å². The zero-order valence-electron chi connectivity index (χ0n) is 8.49. The molecule has 0 saturated heterocycles. The van der Waals surface area contributed by atoms with E-state index in [4.69, 9.17) is 0 Å². The molecular formula is C11H13BrNiO2. The molecule has 0 atom stereocenters. The minimum Gasteiger partial charge on any atom is -0.873 e. The second-order valence-electron chi connectivity index (χ2n) is 3.32. The zero-order chi connectivity index (χ0) is 10.6. The summed E-state index contributed by atoms with van der Waals surface area (Å²) >= 11 is 3.17. The van der Waals surface area contributed by atoms with Gasteiger partial charge in [0.25, 0.3) is 0 Å². The van der Waals surface area contributed by atoms with Gasteiger partial charge in [0.2, 0.25) is 0 Å². The quantitative estimate of drug-likeness (QED) is 0.632. The molecule has 0 spiro atoms. The second-order valence-corrected chi connectivity index (χ2v) is 4.12. The molecule has 0 aliphatic heterocycles. The fourth-order valence-electron chi connectivity index (χ4n) is 1.34. The van der Waals surface area contributed by atoms with E-state index in [9.17, 15) is 10.2 Å². The van der Waals surface area contributed by atoms with Crippen molar-refractivity contribution < 1.29 is 26.7 Å². The third-order valence-corrected chi connectivity index (χ3v) is 3.06. The summed E-state index contributed by atoms with van der Waals surface area (Å²) in [6.45, 7) is 2.13. The van der Waals surface area contributed by atoms with Crippen molar-refractivity contribution in [3.63, 3.8) is 0 Å². The molecule has 0 heterocycles. The van der Waals surface area contributed by atoms with Crippen molar-refractivity contribution >= 4 is 15.9 Å². The van der Waals surface area contributed by atoms with Crippen LogP contribution in [0.2, 0.25) is 0 Å². The largest absolute Gasteiger partial charge is 2.00 e. The van der Waals surface area contributed by atoms with Crippen molar-refractivity contribution in [3.8, 4) is 11.5 Å². The number of rotatable bonds is 4. The normalized spacial score (nSPS) is 9.73. The number of hydrogen-bond acceptors (Lipinski definition) is 2. The van der Waals surface area contributed by atoms with Crippen LogP contribution in [-0.4, -0.2) is 0 Å². The first-order valence-corrected chi connectivity index (χ1v) is 5.61. The zero-order valence-corrected chi connectivity index (χ0v) is 11.1.